The lowest BCUT2D eigenvalue weighted by Crippen LogP contribution is -2.23. The van der Waals surface area contributed by atoms with Crippen molar-refractivity contribution in [3.63, 3.8) is 0 Å². The lowest BCUT2D eigenvalue weighted by Gasteiger charge is -2.19. The summed E-state index contributed by atoms with van der Waals surface area (Å²) in [5, 5.41) is 16.2. The van der Waals surface area contributed by atoms with Gasteiger partial charge >= 0.3 is 0 Å². The van der Waals surface area contributed by atoms with Crippen molar-refractivity contribution in [3.8, 4) is 6.07 Å². The molecule has 29 heavy (non-hydrogen) atoms. The molecule has 1 fully saturated rings. The summed E-state index contributed by atoms with van der Waals surface area (Å²) in [6, 6.07) is 10.3. The smallest absolute Gasteiger partial charge is 0.229 e. The maximum atomic E-state index is 12.5. The van der Waals surface area contributed by atoms with Crippen LogP contribution in [0.5, 0.6) is 0 Å². The molecule has 0 unspecified atom stereocenters. The molecule has 0 radical (unpaired) electrons. The van der Waals surface area contributed by atoms with Crippen LogP contribution < -0.4 is 15.5 Å². The third-order valence-corrected chi connectivity index (χ3v) is 5.55. The van der Waals surface area contributed by atoms with E-state index in [1.54, 1.807) is 6.20 Å². The minimum Gasteiger partial charge on any atom is -0.339 e. The Labute approximate surface area is 170 Å². The molecule has 7 nitrogen and oxygen atoms in total. The van der Waals surface area contributed by atoms with Crippen molar-refractivity contribution >= 4 is 28.8 Å². The van der Waals surface area contributed by atoms with Crippen LogP contribution in [0, 0.1) is 24.2 Å². The van der Waals surface area contributed by atoms with E-state index < -0.39 is 0 Å². The predicted molar refractivity (Wildman–Crippen MR) is 113 cm³/mol. The lowest BCUT2D eigenvalue weighted by molar-refractivity contribution is -0.119. The van der Waals surface area contributed by atoms with Crippen molar-refractivity contribution in [3.05, 3.63) is 47.5 Å². The summed E-state index contributed by atoms with van der Waals surface area (Å²) < 4.78 is 0. The number of benzene rings is 1. The van der Waals surface area contributed by atoms with Crippen LogP contribution in [0.2, 0.25) is 0 Å². The molecule has 1 aromatic heterocycles. The molecule has 4 rings (SSSR count). The van der Waals surface area contributed by atoms with Crippen LogP contribution in [0.25, 0.3) is 5.57 Å². The summed E-state index contributed by atoms with van der Waals surface area (Å²) in [5.41, 5.74) is 3.72. The van der Waals surface area contributed by atoms with Gasteiger partial charge in [0.2, 0.25) is 11.9 Å². The molecule has 0 saturated heterocycles. The highest BCUT2D eigenvalue weighted by Crippen LogP contribution is 2.38. The van der Waals surface area contributed by atoms with E-state index in [2.05, 4.69) is 31.6 Å². The molecule has 1 aliphatic heterocycles. The van der Waals surface area contributed by atoms with Crippen LogP contribution >= 0.6 is 0 Å². The van der Waals surface area contributed by atoms with E-state index in [1.165, 1.54) is 0 Å². The number of allylic oxidation sites excluding steroid dienone is 1. The van der Waals surface area contributed by atoms with Crippen LogP contribution in [0.3, 0.4) is 0 Å². The standard InChI is InChI=1S/C22H24N6O/c1-3-28-18-11-7-6-10-17(18)25-20(28)16(12-23)19-14(2)13-24-22(26-19)27-21(29)15-8-4-5-9-15/h6-7,10-11,13,15,25H,3-5,8-9H2,1-2H3,(H,24,26,27,29). The Morgan fingerprint density at radius 2 is 2.10 bits per heavy atom. The summed E-state index contributed by atoms with van der Waals surface area (Å²) in [5.74, 6) is 0.934. The number of hydrogen-bond acceptors (Lipinski definition) is 6. The number of rotatable bonds is 4. The van der Waals surface area contributed by atoms with Gasteiger partial charge in [0.05, 0.1) is 17.1 Å². The number of carbonyl (C=O) groups excluding carboxylic acids is 1. The zero-order chi connectivity index (χ0) is 20.4. The van der Waals surface area contributed by atoms with Gasteiger partial charge in [-0.15, -0.1) is 0 Å². The van der Waals surface area contributed by atoms with Crippen LogP contribution in [0.1, 0.15) is 43.9 Å². The van der Waals surface area contributed by atoms with E-state index in [0.29, 0.717) is 23.6 Å². The predicted octanol–water partition coefficient (Wildman–Crippen LogP) is 4.06. The monoisotopic (exact) mass is 388 g/mol. The van der Waals surface area contributed by atoms with Gasteiger partial charge in [0.25, 0.3) is 0 Å². The van der Waals surface area contributed by atoms with E-state index in [1.807, 2.05) is 38.1 Å². The van der Waals surface area contributed by atoms with E-state index in [4.69, 9.17) is 0 Å². The summed E-state index contributed by atoms with van der Waals surface area (Å²) >= 11 is 0. The largest absolute Gasteiger partial charge is 0.339 e. The Kier molecular flexibility index (Phi) is 5.17. The van der Waals surface area contributed by atoms with Gasteiger partial charge in [-0.25, -0.2) is 9.97 Å². The first-order chi connectivity index (χ1) is 14.1. The first-order valence-electron chi connectivity index (χ1n) is 10.0. The van der Waals surface area contributed by atoms with Crippen molar-refractivity contribution < 1.29 is 4.79 Å². The molecule has 2 aromatic rings. The number of nitriles is 1. The molecule has 1 amide bonds. The minimum atomic E-state index is -0.0370. The highest BCUT2D eigenvalue weighted by molar-refractivity contribution is 5.93. The van der Waals surface area contributed by atoms with Crippen molar-refractivity contribution in [2.75, 3.05) is 22.1 Å². The number of hydrogen-bond donors (Lipinski definition) is 2. The number of fused-ring (bicyclic) bond motifs is 1. The molecule has 1 aliphatic carbocycles. The van der Waals surface area contributed by atoms with Gasteiger partial charge in [0.15, 0.2) is 0 Å². The first-order valence-corrected chi connectivity index (χ1v) is 10.0. The number of nitrogens with one attached hydrogen (secondary N) is 2. The second-order valence-corrected chi connectivity index (χ2v) is 7.42. The third-order valence-electron chi connectivity index (χ3n) is 5.55. The fourth-order valence-electron chi connectivity index (χ4n) is 4.03. The number of para-hydroxylation sites is 2. The average Bonchev–Trinajstić information content (AvgIpc) is 3.38. The molecule has 0 spiro atoms. The fraction of sp³-hybridized carbons (Fsp3) is 0.364. The molecule has 1 aromatic carbocycles. The number of anilines is 3. The molecule has 148 valence electrons. The summed E-state index contributed by atoms with van der Waals surface area (Å²) in [6.07, 6.45) is 5.64. The van der Waals surface area contributed by atoms with Gasteiger partial charge in [0, 0.05) is 18.7 Å². The van der Waals surface area contributed by atoms with Crippen LogP contribution in [-0.2, 0) is 4.79 Å². The van der Waals surface area contributed by atoms with Gasteiger partial charge in [0.1, 0.15) is 17.5 Å². The van der Waals surface area contributed by atoms with Crippen molar-refractivity contribution in [2.24, 2.45) is 5.92 Å². The molecule has 2 aliphatic rings. The Balaban J connectivity index is 1.70. The number of carbonyl (C=O) groups is 1. The van der Waals surface area contributed by atoms with E-state index in [9.17, 15) is 10.1 Å². The third kappa shape index (κ3) is 3.54. The molecular weight excluding hydrogens is 364 g/mol. The second-order valence-electron chi connectivity index (χ2n) is 7.42. The van der Waals surface area contributed by atoms with E-state index in [0.717, 1.165) is 42.6 Å². The molecule has 0 atom stereocenters. The lowest BCUT2D eigenvalue weighted by atomic mass is 10.1. The fourth-order valence-corrected chi connectivity index (χ4v) is 4.03. The van der Waals surface area contributed by atoms with Crippen LogP contribution in [0.4, 0.5) is 17.3 Å². The number of aromatic nitrogens is 2. The van der Waals surface area contributed by atoms with E-state index >= 15 is 0 Å². The van der Waals surface area contributed by atoms with Gasteiger partial charge in [-0.2, -0.15) is 5.26 Å². The summed E-state index contributed by atoms with van der Waals surface area (Å²) in [7, 11) is 0. The van der Waals surface area contributed by atoms with Crippen molar-refractivity contribution in [1.82, 2.24) is 9.97 Å². The molecule has 0 bridgehead atoms. The molecule has 7 heteroatoms. The van der Waals surface area contributed by atoms with Crippen molar-refractivity contribution in [2.45, 2.75) is 39.5 Å². The molecule has 2 heterocycles. The second kappa shape index (κ2) is 7.92. The van der Waals surface area contributed by atoms with Crippen LogP contribution in [-0.4, -0.2) is 22.4 Å². The highest BCUT2D eigenvalue weighted by atomic mass is 16.2. The van der Waals surface area contributed by atoms with Gasteiger partial charge in [-0.3, -0.25) is 10.1 Å². The normalized spacial score (nSPS) is 17.5. The van der Waals surface area contributed by atoms with Gasteiger partial charge in [-0.1, -0.05) is 25.0 Å². The summed E-state index contributed by atoms with van der Waals surface area (Å²) in [4.78, 5) is 23.3. The molecule has 1 saturated carbocycles. The summed E-state index contributed by atoms with van der Waals surface area (Å²) in [6.45, 7) is 4.62. The van der Waals surface area contributed by atoms with Gasteiger partial charge < -0.3 is 10.2 Å². The maximum absolute atomic E-state index is 12.5. The SMILES string of the molecule is CCN1C(=C(C#N)c2nc(NC(=O)C3CCCC3)ncc2C)Nc2ccccc21. The van der Waals surface area contributed by atoms with Crippen molar-refractivity contribution in [1.29, 1.82) is 5.26 Å². The first kappa shape index (κ1) is 18.9. The Morgan fingerprint density at radius 3 is 2.83 bits per heavy atom. The number of nitrogens with zero attached hydrogens (tertiary/aromatic N) is 4. The average molecular weight is 388 g/mol. The topological polar surface area (TPSA) is 93.9 Å². The van der Waals surface area contributed by atoms with Crippen LogP contribution in [0.15, 0.2) is 36.3 Å². The Bertz CT molecular complexity index is 1020. The zero-order valence-electron chi connectivity index (χ0n) is 16.7. The minimum absolute atomic E-state index is 0.0266. The Morgan fingerprint density at radius 1 is 1.34 bits per heavy atom. The Hall–Kier alpha value is -3.40. The van der Waals surface area contributed by atoms with Gasteiger partial charge in [-0.05, 0) is 44.4 Å². The van der Waals surface area contributed by atoms with E-state index in [-0.39, 0.29) is 17.8 Å². The number of aryl methyl sites for hydroxylation is 1. The maximum Gasteiger partial charge on any atom is 0.229 e. The molecular formula is C22H24N6O. The zero-order valence-corrected chi connectivity index (χ0v) is 16.7. The quantitative estimate of drug-likeness (QED) is 0.767. The molecule has 2 N–H and O–H groups in total. The highest BCUT2D eigenvalue weighted by Gasteiger charge is 2.28. The number of amides is 1.